The van der Waals surface area contributed by atoms with Gasteiger partial charge in [-0.1, -0.05) is 18.2 Å². The van der Waals surface area contributed by atoms with Gasteiger partial charge in [0.2, 0.25) is 0 Å². The Morgan fingerprint density at radius 2 is 1.78 bits per heavy atom. The van der Waals surface area contributed by atoms with Crippen LogP contribution in [0.5, 0.6) is 5.75 Å². The number of hydrogen-bond donors (Lipinski definition) is 1. The van der Waals surface area contributed by atoms with Crippen molar-refractivity contribution in [2.45, 2.75) is 13.8 Å². The number of phenols is 1. The van der Waals surface area contributed by atoms with Crippen molar-refractivity contribution in [3.63, 3.8) is 0 Å². The smallest absolute Gasteiger partial charge is 0.347 e. The molecule has 0 unspecified atom stereocenters. The third kappa shape index (κ3) is 4.08. The number of phenolic OH excluding ortho intramolecular Hbond substituents is 1. The molecule has 0 fully saturated rings. The van der Waals surface area contributed by atoms with Gasteiger partial charge in [0.05, 0.1) is 0 Å². The van der Waals surface area contributed by atoms with Crippen molar-refractivity contribution >= 4 is 28.5 Å². The summed E-state index contributed by atoms with van der Waals surface area (Å²) in [6.45, 7) is 5.83. The predicted octanol–water partition coefficient (Wildman–Crippen LogP) is 4.24. The fraction of sp³-hybridized carbons (Fsp3) is 0.182. The van der Waals surface area contributed by atoms with Gasteiger partial charge in [0.25, 0.3) is 0 Å². The van der Waals surface area contributed by atoms with Crippen LogP contribution in [0.15, 0.2) is 63.8 Å². The van der Waals surface area contributed by atoms with Gasteiger partial charge in [0.15, 0.2) is 5.78 Å². The van der Waals surface area contributed by atoms with E-state index in [1.165, 1.54) is 18.2 Å². The second kappa shape index (κ2) is 7.91. The van der Waals surface area contributed by atoms with Crippen molar-refractivity contribution in [3.05, 3.63) is 76.2 Å². The molecule has 0 aliphatic heterocycles. The van der Waals surface area contributed by atoms with Crippen LogP contribution in [-0.4, -0.2) is 24.0 Å². The summed E-state index contributed by atoms with van der Waals surface area (Å²) < 4.78 is 5.39. The van der Waals surface area contributed by atoms with Crippen LogP contribution in [0, 0.1) is 0 Å². The highest BCUT2D eigenvalue weighted by Gasteiger charge is 2.12. The number of nitrogens with zero attached hydrogens (tertiary/aromatic N) is 1. The summed E-state index contributed by atoms with van der Waals surface area (Å²) in [5.41, 5.74) is 1.52. The van der Waals surface area contributed by atoms with Gasteiger partial charge in [-0.05, 0) is 55.8 Å². The molecule has 1 N–H and O–H groups in total. The molecular formula is C22H21NO4. The lowest BCUT2D eigenvalue weighted by molar-refractivity contribution is 0.104. The summed E-state index contributed by atoms with van der Waals surface area (Å²) in [6.07, 6.45) is 2.92. The third-order valence-corrected chi connectivity index (χ3v) is 4.43. The first-order valence-electron chi connectivity index (χ1n) is 8.86. The van der Waals surface area contributed by atoms with Crippen molar-refractivity contribution in [3.8, 4) is 5.75 Å². The Kier molecular flexibility index (Phi) is 5.41. The largest absolute Gasteiger partial charge is 0.508 e. The number of benzene rings is 2. The molecule has 0 radical (unpaired) electrons. The zero-order chi connectivity index (χ0) is 19.4. The van der Waals surface area contributed by atoms with Crippen molar-refractivity contribution in [2.75, 3.05) is 18.0 Å². The summed E-state index contributed by atoms with van der Waals surface area (Å²) in [4.78, 5) is 26.8. The summed E-state index contributed by atoms with van der Waals surface area (Å²) in [6, 6.07) is 13.6. The van der Waals surface area contributed by atoms with Gasteiger partial charge in [-0.25, -0.2) is 4.79 Å². The van der Waals surface area contributed by atoms with Crippen molar-refractivity contribution in [2.24, 2.45) is 0 Å². The lowest BCUT2D eigenvalue weighted by Gasteiger charge is -2.20. The van der Waals surface area contributed by atoms with Gasteiger partial charge in [0.1, 0.15) is 16.9 Å². The Bertz CT molecular complexity index is 1040. The third-order valence-electron chi connectivity index (χ3n) is 4.43. The number of anilines is 1. The van der Waals surface area contributed by atoms with E-state index >= 15 is 0 Å². The van der Waals surface area contributed by atoms with Crippen LogP contribution in [0.4, 0.5) is 5.69 Å². The zero-order valence-corrected chi connectivity index (χ0v) is 15.3. The molecule has 2 aromatic carbocycles. The monoisotopic (exact) mass is 363 g/mol. The Hall–Kier alpha value is -3.34. The zero-order valence-electron chi connectivity index (χ0n) is 15.3. The second-order valence-electron chi connectivity index (χ2n) is 6.13. The average molecular weight is 363 g/mol. The molecule has 0 bridgehead atoms. The van der Waals surface area contributed by atoms with E-state index in [2.05, 4.69) is 18.7 Å². The van der Waals surface area contributed by atoms with Crippen LogP contribution < -0.4 is 10.5 Å². The van der Waals surface area contributed by atoms with Crippen LogP contribution >= 0.6 is 0 Å². The van der Waals surface area contributed by atoms with Crippen LogP contribution in [0.3, 0.4) is 0 Å². The minimum atomic E-state index is -0.653. The number of carbonyl (C=O) groups is 1. The number of allylic oxidation sites excluding steroid dienone is 1. The summed E-state index contributed by atoms with van der Waals surface area (Å²) >= 11 is 0. The minimum Gasteiger partial charge on any atom is -0.508 e. The minimum absolute atomic E-state index is 0.00637. The number of ketones is 1. The van der Waals surface area contributed by atoms with Gasteiger partial charge in [-0.2, -0.15) is 0 Å². The van der Waals surface area contributed by atoms with Crippen LogP contribution in [0.1, 0.15) is 29.8 Å². The van der Waals surface area contributed by atoms with E-state index in [0.29, 0.717) is 11.0 Å². The first kappa shape index (κ1) is 18.5. The maximum atomic E-state index is 12.4. The first-order valence-corrected chi connectivity index (χ1v) is 8.86. The van der Waals surface area contributed by atoms with Crippen LogP contribution in [-0.2, 0) is 0 Å². The molecule has 0 amide bonds. The standard InChI is InChI=1S/C22H21NO4/c1-3-23(4-2)17-9-8-16-13-19(22(26)27-21(16)14-17)20(25)12-7-15-5-10-18(24)11-6-15/h5-14,24H,3-4H2,1-2H3/b12-7+. The average Bonchev–Trinajstić information content (AvgIpc) is 2.67. The molecule has 1 aromatic heterocycles. The van der Waals surface area contributed by atoms with Gasteiger partial charge in [-0.3, -0.25) is 4.79 Å². The molecule has 27 heavy (non-hydrogen) atoms. The van der Waals surface area contributed by atoms with E-state index in [4.69, 9.17) is 4.42 Å². The molecule has 0 saturated heterocycles. The molecule has 0 saturated carbocycles. The summed E-state index contributed by atoms with van der Waals surface area (Å²) in [5.74, 6) is -0.274. The highest BCUT2D eigenvalue weighted by Crippen LogP contribution is 2.22. The molecule has 3 aromatic rings. The van der Waals surface area contributed by atoms with Gasteiger partial charge in [-0.15, -0.1) is 0 Å². The molecule has 0 aliphatic carbocycles. The molecule has 5 heteroatoms. The van der Waals surface area contributed by atoms with E-state index in [0.717, 1.165) is 24.3 Å². The molecular weight excluding hydrogens is 342 g/mol. The molecule has 0 atom stereocenters. The Morgan fingerprint density at radius 3 is 2.44 bits per heavy atom. The van der Waals surface area contributed by atoms with E-state index in [1.54, 1.807) is 24.3 Å². The SMILES string of the molecule is CCN(CC)c1ccc2cc(C(=O)/C=C/c3ccc(O)cc3)c(=O)oc2c1. The van der Waals surface area contributed by atoms with Gasteiger partial charge < -0.3 is 14.4 Å². The number of hydrogen-bond acceptors (Lipinski definition) is 5. The molecule has 3 rings (SSSR count). The first-order chi connectivity index (χ1) is 13.0. The van der Waals surface area contributed by atoms with E-state index in [-0.39, 0.29) is 11.3 Å². The van der Waals surface area contributed by atoms with Gasteiger partial charge in [0, 0.05) is 30.2 Å². The Balaban J connectivity index is 1.91. The Labute approximate surface area is 157 Å². The number of carbonyl (C=O) groups excluding carboxylic acids is 1. The maximum absolute atomic E-state index is 12.4. The highest BCUT2D eigenvalue weighted by molar-refractivity contribution is 6.07. The van der Waals surface area contributed by atoms with Crippen molar-refractivity contribution in [1.82, 2.24) is 0 Å². The molecule has 0 aliphatic rings. The van der Waals surface area contributed by atoms with E-state index in [9.17, 15) is 14.7 Å². The maximum Gasteiger partial charge on any atom is 0.347 e. The Morgan fingerprint density at radius 1 is 1.07 bits per heavy atom. The molecule has 1 heterocycles. The second-order valence-corrected chi connectivity index (χ2v) is 6.13. The quantitative estimate of drug-likeness (QED) is 0.403. The summed E-state index contributed by atoms with van der Waals surface area (Å²) in [7, 11) is 0. The molecule has 5 nitrogen and oxygen atoms in total. The van der Waals surface area contributed by atoms with Gasteiger partial charge >= 0.3 is 5.63 Å². The predicted molar refractivity (Wildman–Crippen MR) is 108 cm³/mol. The normalized spacial score (nSPS) is 11.2. The van der Waals surface area contributed by atoms with Crippen molar-refractivity contribution in [1.29, 1.82) is 0 Å². The van der Waals surface area contributed by atoms with Crippen LogP contribution in [0.25, 0.3) is 17.0 Å². The van der Waals surface area contributed by atoms with Crippen LogP contribution in [0.2, 0.25) is 0 Å². The lowest BCUT2D eigenvalue weighted by atomic mass is 10.1. The molecule has 0 spiro atoms. The lowest BCUT2D eigenvalue weighted by Crippen LogP contribution is -2.21. The molecule has 138 valence electrons. The van der Waals surface area contributed by atoms with E-state index < -0.39 is 11.4 Å². The summed E-state index contributed by atoms with van der Waals surface area (Å²) in [5, 5.41) is 9.99. The highest BCUT2D eigenvalue weighted by atomic mass is 16.4. The topological polar surface area (TPSA) is 70.8 Å². The van der Waals surface area contributed by atoms with E-state index in [1.807, 2.05) is 18.2 Å². The number of aromatic hydroxyl groups is 1. The van der Waals surface area contributed by atoms with Crippen molar-refractivity contribution < 1.29 is 14.3 Å². The fourth-order valence-electron chi connectivity index (χ4n) is 2.90. The number of rotatable bonds is 6. The number of fused-ring (bicyclic) bond motifs is 1. The fourth-order valence-corrected chi connectivity index (χ4v) is 2.90.